The van der Waals surface area contributed by atoms with Crippen molar-refractivity contribution in [3.63, 3.8) is 0 Å². The number of rotatable bonds is 4. The number of carbonyl (C=O) groups is 2. The van der Waals surface area contributed by atoms with E-state index < -0.39 is 23.6 Å². The summed E-state index contributed by atoms with van der Waals surface area (Å²) >= 11 is 0. The molecule has 0 aliphatic carbocycles. The lowest BCUT2D eigenvalue weighted by atomic mass is 9.94. The Morgan fingerprint density at radius 3 is 1.21 bits per heavy atom. The van der Waals surface area contributed by atoms with Gasteiger partial charge >= 0.3 is 11.9 Å². The second-order valence-electron chi connectivity index (χ2n) is 4.75. The molecule has 0 saturated carbocycles. The Morgan fingerprint density at radius 1 is 0.667 bits per heavy atom. The minimum Gasteiger partial charge on any atom is -0.465 e. The fraction of sp³-hybridized carbons (Fsp3) is 0.111. The average Bonchev–Trinajstić information content (AvgIpc) is 2.60. The molecule has 0 fully saturated rings. The standard InChI is InChI=1S/C18H14F2O4/c1-23-17(21)15(11-3-7-13(19)8-4-11)16(18(22)24-2)12-5-9-14(20)10-6-12/h3-10H,1-2H3/b16-15+. The van der Waals surface area contributed by atoms with Crippen LogP contribution in [0.5, 0.6) is 0 Å². The molecular formula is C18H14F2O4. The Labute approximate surface area is 137 Å². The highest BCUT2D eigenvalue weighted by molar-refractivity contribution is 6.37. The van der Waals surface area contributed by atoms with Crippen molar-refractivity contribution in [2.75, 3.05) is 14.2 Å². The Morgan fingerprint density at radius 2 is 0.958 bits per heavy atom. The highest BCUT2D eigenvalue weighted by Gasteiger charge is 2.25. The van der Waals surface area contributed by atoms with E-state index in [9.17, 15) is 18.4 Å². The summed E-state index contributed by atoms with van der Waals surface area (Å²) in [4.78, 5) is 24.5. The number of hydrogen-bond donors (Lipinski definition) is 0. The van der Waals surface area contributed by atoms with Gasteiger partial charge in [-0.25, -0.2) is 18.4 Å². The molecule has 0 heterocycles. The molecule has 0 saturated heterocycles. The molecule has 124 valence electrons. The van der Waals surface area contributed by atoms with E-state index in [1.807, 2.05) is 0 Å². The smallest absolute Gasteiger partial charge is 0.339 e. The summed E-state index contributed by atoms with van der Waals surface area (Å²) in [6.45, 7) is 0. The maximum Gasteiger partial charge on any atom is 0.339 e. The fourth-order valence-electron chi connectivity index (χ4n) is 2.17. The predicted octanol–water partition coefficient (Wildman–Crippen LogP) is 3.22. The van der Waals surface area contributed by atoms with Crippen LogP contribution >= 0.6 is 0 Å². The second-order valence-corrected chi connectivity index (χ2v) is 4.75. The zero-order valence-corrected chi connectivity index (χ0v) is 13.0. The van der Waals surface area contributed by atoms with Crippen molar-refractivity contribution in [2.45, 2.75) is 0 Å². The van der Waals surface area contributed by atoms with Crippen LogP contribution in [0.3, 0.4) is 0 Å². The zero-order valence-electron chi connectivity index (χ0n) is 13.0. The summed E-state index contributed by atoms with van der Waals surface area (Å²) in [5.74, 6) is -2.59. The molecule has 0 N–H and O–H groups in total. The molecule has 4 nitrogen and oxygen atoms in total. The van der Waals surface area contributed by atoms with Crippen molar-refractivity contribution < 1.29 is 27.8 Å². The van der Waals surface area contributed by atoms with Gasteiger partial charge in [0, 0.05) is 0 Å². The Hall–Kier alpha value is -3.02. The van der Waals surface area contributed by atoms with Crippen molar-refractivity contribution >= 4 is 23.1 Å². The molecule has 0 unspecified atom stereocenters. The molecule has 0 spiro atoms. The van der Waals surface area contributed by atoms with Gasteiger partial charge < -0.3 is 9.47 Å². The van der Waals surface area contributed by atoms with Gasteiger partial charge in [-0.15, -0.1) is 0 Å². The maximum absolute atomic E-state index is 13.2. The van der Waals surface area contributed by atoms with Crippen LogP contribution in [0.15, 0.2) is 48.5 Å². The lowest BCUT2D eigenvalue weighted by Gasteiger charge is -2.13. The number of esters is 2. The molecule has 0 bridgehead atoms. The van der Waals surface area contributed by atoms with Crippen molar-refractivity contribution in [3.05, 3.63) is 71.3 Å². The molecule has 0 aliphatic heterocycles. The van der Waals surface area contributed by atoms with E-state index in [4.69, 9.17) is 9.47 Å². The van der Waals surface area contributed by atoms with Gasteiger partial charge in [-0.1, -0.05) is 24.3 Å². The largest absolute Gasteiger partial charge is 0.465 e. The minimum atomic E-state index is -0.800. The van der Waals surface area contributed by atoms with Crippen LogP contribution in [0.25, 0.3) is 11.1 Å². The summed E-state index contributed by atoms with van der Waals surface area (Å²) in [5, 5.41) is 0. The van der Waals surface area contributed by atoms with E-state index in [1.54, 1.807) is 0 Å². The summed E-state index contributed by atoms with van der Waals surface area (Å²) in [6, 6.07) is 9.97. The number of halogens is 2. The molecule has 0 amide bonds. The first kappa shape index (κ1) is 17.3. The van der Waals surface area contributed by atoms with E-state index in [0.29, 0.717) is 0 Å². The van der Waals surface area contributed by atoms with Crippen LogP contribution < -0.4 is 0 Å². The number of carbonyl (C=O) groups excluding carboxylic acids is 2. The molecule has 0 atom stereocenters. The van der Waals surface area contributed by atoms with Gasteiger partial charge in [0.25, 0.3) is 0 Å². The third-order valence-electron chi connectivity index (χ3n) is 3.29. The number of hydrogen-bond acceptors (Lipinski definition) is 4. The molecule has 6 heteroatoms. The molecule has 0 aliphatic rings. The molecule has 2 aromatic rings. The third kappa shape index (κ3) is 3.65. The van der Waals surface area contributed by atoms with Crippen LogP contribution in [-0.4, -0.2) is 26.2 Å². The summed E-state index contributed by atoms with van der Waals surface area (Å²) in [5.41, 5.74) is 0.341. The lowest BCUT2D eigenvalue weighted by molar-refractivity contribution is -0.135. The van der Waals surface area contributed by atoms with Crippen molar-refractivity contribution in [1.29, 1.82) is 0 Å². The lowest BCUT2D eigenvalue weighted by Crippen LogP contribution is -2.13. The van der Waals surface area contributed by atoms with Crippen LogP contribution in [-0.2, 0) is 19.1 Å². The summed E-state index contributed by atoms with van der Waals surface area (Å²) < 4.78 is 35.8. The van der Waals surface area contributed by atoms with Gasteiger partial charge in [-0.2, -0.15) is 0 Å². The highest BCUT2D eigenvalue weighted by atomic mass is 19.1. The second kappa shape index (κ2) is 7.50. The first-order valence-corrected chi connectivity index (χ1v) is 6.90. The maximum atomic E-state index is 13.2. The average molecular weight is 332 g/mol. The van der Waals surface area contributed by atoms with Gasteiger partial charge in [-0.05, 0) is 35.4 Å². The van der Waals surface area contributed by atoms with E-state index in [1.165, 1.54) is 24.3 Å². The van der Waals surface area contributed by atoms with E-state index in [-0.39, 0.29) is 22.3 Å². The number of ether oxygens (including phenoxy) is 2. The van der Waals surface area contributed by atoms with Gasteiger partial charge in [0.05, 0.1) is 25.4 Å². The van der Waals surface area contributed by atoms with Gasteiger partial charge in [0.15, 0.2) is 0 Å². The highest BCUT2D eigenvalue weighted by Crippen LogP contribution is 2.29. The van der Waals surface area contributed by atoms with Crippen molar-refractivity contribution in [3.8, 4) is 0 Å². The molecule has 2 aromatic carbocycles. The Kier molecular flexibility index (Phi) is 5.42. The third-order valence-corrected chi connectivity index (χ3v) is 3.29. The fourth-order valence-corrected chi connectivity index (χ4v) is 2.17. The summed E-state index contributed by atoms with van der Waals surface area (Å²) in [6.07, 6.45) is 0. The van der Waals surface area contributed by atoms with Crippen LogP contribution in [0.1, 0.15) is 11.1 Å². The van der Waals surface area contributed by atoms with E-state index in [2.05, 4.69) is 0 Å². The first-order valence-electron chi connectivity index (χ1n) is 6.90. The quantitative estimate of drug-likeness (QED) is 0.490. The van der Waals surface area contributed by atoms with Crippen molar-refractivity contribution in [1.82, 2.24) is 0 Å². The minimum absolute atomic E-state index is 0.101. The molecule has 24 heavy (non-hydrogen) atoms. The first-order chi connectivity index (χ1) is 11.5. The van der Waals surface area contributed by atoms with Crippen LogP contribution in [0.2, 0.25) is 0 Å². The zero-order chi connectivity index (χ0) is 17.7. The van der Waals surface area contributed by atoms with Crippen LogP contribution in [0, 0.1) is 11.6 Å². The predicted molar refractivity (Wildman–Crippen MR) is 83.6 cm³/mol. The molecule has 2 rings (SSSR count). The Bertz CT molecular complexity index is 710. The van der Waals surface area contributed by atoms with E-state index in [0.717, 1.165) is 38.5 Å². The van der Waals surface area contributed by atoms with Crippen molar-refractivity contribution in [2.24, 2.45) is 0 Å². The number of benzene rings is 2. The molecule has 0 radical (unpaired) electrons. The van der Waals surface area contributed by atoms with Gasteiger partial charge in [-0.3, -0.25) is 0 Å². The normalized spacial score (nSPS) is 11.5. The van der Waals surface area contributed by atoms with Gasteiger partial charge in [0.1, 0.15) is 11.6 Å². The molecular weight excluding hydrogens is 318 g/mol. The topological polar surface area (TPSA) is 52.6 Å². The molecule has 0 aromatic heterocycles. The summed E-state index contributed by atoms with van der Waals surface area (Å²) in [7, 11) is 2.32. The van der Waals surface area contributed by atoms with Gasteiger partial charge in [0.2, 0.25) is 0 Å². The Balaban J connectivity index is 2.77. The van der Waals surface area contributed by atoms with E-state index >= 15 is 0 Å². The monoisotopic (exact) mass is 332 g/mol. The van der Waals surface area contributed by atoms with Crippen LogP contribution in [0.4, 0.5) is 8.78 Å². The SMILES string of the molecule is COC(=O)/C(=C(/C(=O)OC)c1ccc(F)cc1)c1ccc(F)cc1. The number of methoxy groups -OCH3 is 2.